The summed E-state index contributed by atoms with van der Waals surface area (Å²) < 4.78 is 11.0. The average Bonchev–Trinajstić information content (AvgIpc) is 2.87. The summed E-state index contributed by atoms with van der Waals surface area (Å²) in [4.78, 5) is 31.2. The van der Waals surface area contributed by atoms with E-state index in [1.807, 2.05) is 12.1 Å². The fourth-order valence-electron chi connectivity index (χ4n) is 3.59. The van der Waals surface area contributed by atoms with Gasteiger partial charge in [-0.05, 0) is 30.3 Å². The van der Waals surface area contributed by atoms with Crippen LogP contribution in [0, 0.1) is 10.1 Å². The van der Waals surface area contributed by atoms with Crippen molar-refractivity contribution in [3.8, 4) is 5.75 Å². The van der Waals surface area contributed by atoms with Gasteiger partial charge < -0.3 is 19.3 Å². The Labute approximate surface area is 191 Å². The molecule has 9 heteroatoms. The third-order valence-electron chi connectivity index (χ3n) is 5.34. The van der Waals surface area contributed by atoms with Gasteiger partial charge in [0.25, 0.3) is 5.69 Å². The Morgan fingerprint density at radius 2 is 1.64 bits per heavy atom. The minimum absolute atomic E-state index is 0.0910. The molecule has 1 aliphatic rings. The number of esters is 1. The van der Waals surface area contributed by atoms with Crippen LogP contribution < -0.4 is 14.5 Å². The molecule has 1 aromatic heterocycles. The fraction of sp³-hybridized carbons (Fsp3) is 0.250. The summed E-state index contributed by atoms with van der Waals surface area (Å²) >= 11 is 0. The lowest BCUT2D eigenvalue weighted by atomic mass is 10.2. The van der Waals surface area contributed by atoms with Crippen molar-refractivity contribution in [1.29, 1.82) is 0 Å². The molecule has 2 aromatic carbocycles. The van der Waals surface area contributed by atoms with Crippen LogP contribution in [0.1, 0.15) is 10.4 Å². The summed E-state index contributed by atoms with van der Waals surface area (Å²) in [5, 5.41) is 10.8. The second kappa shape index (κ2) is 10.4. The molecule has 1 saturated heterocycles. The van der Waals surface area contributed by atoms with E-state index < -0.39 is 4.92 Å². The Bertz CT molecular complexity index is 1080. The largest absolute Gasteiger partial charge is 0.490 e. The molecule has 0 atom stereocenters. The first-order valence-electron chi connectivity index (χ1n) is 10.7. The molecular formula is C24H24N4O5. The summed E-state index contributed by atoms with van der Waals surface area (Å²) in [6, 6.07) is 19.1. The lowest BCUT2D eigenvalue weighted by molar-refractivity contribution is -0.384. The summed E-state index contributed by atoms with van der Waals surface area (Å²) in [5.74, 6) is 1.10. The maximum absolute atomic E-state index is 12.0. The molecule has 4 rings (SSSR count). The molecule has 0 saturated carbocycles. The number of rotatable bonds is 8. The van der Waals surface area contributed by atoms with E-state index in [2.05, 4.69) is 14.8 Å². The number of aromatic nitrogens is 1. The van der Waals surface area contributed by atoms with Crippen molar-refractivity contribution in [2.45, 2.75) is 0 Å². The minimum atomic E-state index is -0.393. The van der Waals surface area contributed by atoms with Crippen molar-refractivity contribution >= 4 is 23.2 Å². The topological polar surface area (TPSA) is 98.0 Å². The van der Waals surface area contributed by atoms with E-state index in [9.17, 15) is 14.9 Å². The molecule has 0 N–H and O–H groups in total. The molecule has 0 bridgehead atoms. The number of nitro groups is 1. The lowest BCUT2D eigenvalue weighted by Gasteiger charge is -2.36. The van der Waals surface area contributed by atoms with Gasteiger partial charge in [-0.25, -0.2) is 9.78 Å². The van der Waals surface area contributed by atoms with Crippen LogP contribution in [0.3, 0.4) is 0 Å². The van der Waals surface area contributed by atoms with Crippen LogP contribution in [0.25, 0.3) is 0 Å². The first-order valence-corrected chi connectivity index (χ1v) is 10.7. The van der Waals surface area contributed by atoms with Gasteiger partial charge in [0.2, 0.25) is 0 Å². The lowest BCUT2D eigenvalue weighted by Crippen LogP contribution is -2.46. The SMILES string of the molecule is O=C(OCCOc1ccnc(N2CCN(c3ccc([N+](=O)[O-])cc3)CC2)c1)c1ccccc1. The van der Waals surface area contributed by atoms with Gasteiger partial charge in [0.05, 0.1) is 10.5 Å². The van der Waals surface area contributed by atoms with Crippen LogP contribution in [0.15, 0.2) is 72.9 Å². The number of nitro benzene ring substituents is 1. The molecule has 0 spiro atoms. The number of nitrogens with zero attached hydrogens (tertiary/aromatic N) is 4. The molecule has 170 valence electrons. The smallest absolute Gasteiger partial charge is 0.338 e. The predicted octanol–water partition coefficient (Wildman–Crippen LogP) is 3.55. The van der Waals surface area contributed by atoms with Gasteiger partial charge in [0, 0.05) is 56.3 Å². The molecule has 1 aliphatic heterocycles. The van der Waals surface area contributed by atoms with Crippen LogP contribution in [0.5, 0.6) is 5.75 Å². The van der Waals surface area contributed by atoms with E-state index >= 15 is 0 Å². The van der Waals surface area contributed by atoms with Gasteiger partial charge in [-0.3, -0.25) is 10.1 Å². The molecule has 33 heavy (non-hydrogen) atoms. The van der Waals surface area contributed by atoms with E-state index in [1.54, 1.807) is 48.7 Å². The zero-order valence-electron chi connectivity index (χ0n) is 18.0. The second-order valence-corrected chi connectivity index (χ2v) is 7.45. The molecule has 1 fully saturated rings. The summed E-state index contributed by atoms with van der Waals surface area (Å²) in [6.45, 7) is 3.49. The summed E-state index contributed by atoms with van der Waals surface area (Å²) in [5.41, 5.74) is 1.57. The highest BCUT2D eigenvalue weighted by atomic mass is 16.6. The summed E-state index contributed by atoms with van der Waals surface area (Å²) in [7, 11) is 0. The van der Waals surface area contributed by atoms with Crippen LogP contribution >= 0.6 is 0 Å². The molecule has 0 amide bonds. The van der Waals surface area contributed by atoms with Crippen molar-refractivity contribution < 1.29 is 19.2 Å². The monoisotopic (exact) mass is 448 g/mol. The number of piperazine rings is 1. The third kappa shape index (κ3) is 5.76. The van der Waals surface area contributed by atoms with Crippen molar-refractivity contribution in [3.63, 3.8) is 0 Å². The highest BCUT2D eigenvalue weighted by molar-refractivity contribution is 5.89. The molecular weight excluding hydrogens is 424 g/mol. The highest BCUT2D eigenvalue weighted by Gasteiger charge is 2.19. The number of benzene rings is 2. The van der Waals surface area contributed by atoms with Gasteiger partial charge in [0.1, 0.15) is 24.8 Å². The quantitative estimate of drug-likeness (QED) is 0.223. The average molecular weight is 448 g/mol. The number of pyridine rings is 1. The van der Waals surface area contributed by atoms with Crippen molar-refractivity contribution in [3.05, 3.63) is 88.6 Å². The van der Waals surface area contributed by atoms with Gasteiger partial charge in [-0.1, -0.05) is 18.2 Å². The zero-order valence-corrected chi connectivity index (χ0v) is 18.0. The Hall–Kier alpha value is -4.14. The first kappa shape index (κ1) is 22.1. The van der Waals surface area contributed by atoms with Crippen molar-refractivity contribution in [2.24, 2.45) is 0 Å². The number of ether oxygens (including phenoxy) is 2. The number of carbonyl (C=O) groups is 1. The molecule has 2 heterocycles. The van der Waals surface area contributed by atoms with E-state index in [1.165, 1.54) is 12.1 Å². The molecule has 0 unspecified atom stereocenters. The van der Waals surface area contributed by atoms with Gasteiger partial charge >= 0.3 is 5.97 Å². The molecule has 3 aromatic rings. The number of anilines is 2. The first-order chi connectivity index (χ1) is 16.1. The Morgan fingerprint density at radius 3 is 2.33 bits per heavy atom. The Morgan fingerprint density at radius 1 is 0.939 bits per heavy atom. The molecule has 9 nitrogen and oxygen atoms in total. The number of hydrogen-bond donors (Lipinski definition) is 0. The van der Waals surface area contributed by atoms with Crippen LogP contribution in [-0.2, 0) is 4.74 Å². The fourth-order valence-corrected chi connectivity index (χ4v) is 3.59. The maximum Gasteiger partial charge on any atom is 0.338 e. The van der Waals surface area contributed by atoms with Crippen molar-refractivity contribution in [1.82, 2.24) is 4.98 Å². The third-order valence-corrected chi connectivity index (χ3v) is 5.34. The summed E-state index contributed by atoms with van der Waals surface area (Å²) in [6.07, 6.45) is 1.70. The standard InChI is InChI=1S/C24H24N4O5/c29-24(19-4-2-1-3-5-19)33-17-16-32-22-10-11-25-23(18-22)27-14-12-26(13-15-27)20-6-8-21(9-7-20)28(30)31/h1-11,18H,12-17H2. The van der Waals surface area contributed by atoms with Crippen LogP contribution in [0.2, 0.25) is 0 Å². The van der Waals surface area contributed by atoms with Crippen molar-refractivity contribution in [2.75, 3.05) is 49.2 Å². The van der Waals surface area contributed by atoms with E-state index in [4.69, 9.17) is 9.47 Å². The van der Waals surface area contributed by atoms with Gasteiger partial charge in [-0.15, -0.1) is 0 Å². The Balaban J connectivity index is 1.25. The molecule has 0 aliphatic carbocycles. The van der Waals surface area contributed by atoms with Gasteiger partial charge in [0.15, 0.2) is 0 Å². The van der Waals surface area contributed by atoms with Crippen LogP contribution in [0.4, 0.5) is 17.2 Å². The maximum atomic E-state index is 12.0. The zero-order chi connectivity index (χ0) is 23.0. The number of carbonyl (C=O) groups excluding carboxylic acids is 1. The number of hydrogen-bond acceptors (Lipinski definition) is 8. The van der Waals surface area contributed by atoms with E-state index in [0.717, 1.165) is 37.7 Å². The Kier molecular flexibility index (Phi) is 6.99. The molecule has 0 radical (unpaired) electrons. The highest BCUT2D eigenvalue weighted by Crippen LogP contribution is 2.23. The minimum Gasteiger partial charge on any atom is -0.490 e. The van der Waals surface area contributed by atoms with E-state index in [0.29, 0.717) is 11.3 Å². The van der Waals surface area contributed by atoms with Crippen LogP contribution in [-0.4, -0.2) is 55.3 Å². The normalized spacial score (nSPS) is 13.5. The van der Waals surface area contributed by atoms with Gasteiger partial charge in [-0.2, -0.15) is 0 Å². The predicted molar refractivity (Wildman–Crippen MR) is 124 cm³/mol. The van der Waals surface area contributed by atoms with E-state index in [-0.39, 0.29) is 24.9 Å². The second-order valence-electron chi connectivity index (χ2n) is 7.45. The number of non-ortho nitro benzene ring substituents is 1.